The third-order valence-electron chi connectivity index (χ3n) is 3.88. The Bertz CT molecular complexity index is 826. The van der Waals surface area contributed by atoms with Crippen molar-refractivity contribution in [1.29, 1.82) is 0 Å². The second kappa shape index (κ2) is 6.16. The van der Waals surface area contributed by atoms with Crippen LogP contribution in [-0.2, 0) is 0 Å². The number of ether oxygens (including phenoxy) is 1. The summed E-state index contributed by atoms with van der Waals surface area (Å²) >= 11 is 0. The Labute approximate surface area is 136 Å². The zero-order valence-electron chi connectivity index (χ0n) is 13.9. The number of fused-ring (bicyclic) bond motifs is 1. The van der Waals surface area contributed by atoms with E-state index in [1.165, 1.54) is 11.3 Å². The molecule has 0 atom stereocenters. The van der Waals surface area contributed by atoms with Gasteiger partial charge in [-0.1, -0.05) is 0 Å². The van der Waals surface area contributed by atoms with Crippen LogP contribution < -0.4 is 15.0 Å². The van der Waals surface area contributed by atoms with E-state index in [0.717, 1.165) is 28.2 Å². The Morgan fingerprint density at radius 3 is 2.39 bits per heavy atom. The molecule has 23 heavy (non-hydrogen) atoms. The largest absolute Gasteiger partial charge is 0.497 e. The van der Waals surface area contributed by atoms with Crippen molar-refractivity contribution in [2.75, 3.05) is 31.4 Å². The van der Waals surface area contributed by atoms with Crippen molar-refractivity contribution < 1.29 is 4.74 Å². The molecule has 3 aromatic rings. The molecule has 0 radical (unpaired) electrons. The Hall–Kier alpha value is -2.75. The molecular weight excluding hydrogens is 286 g/mol. The third kappa shape index (κ3) is 3.21. The summed E-state index contributed by atoms with van der Waals surface area (Å²) in [6.45, 7) is 2.09. The number of hydrogen-bond acceptors (Lipinski definition) is 4. The minimum Gasteiger partial charge on any atom is -0.497 e. The predicted octanol–water partition coefficient (Wildman–Crippen LogP) is 4.36. The van der Waals surface area contributed by atoms with Gasteiger partial charge < -0.3 is 15.0 Å². The molecular formula is C19H21N3O. The third-order valence-corrected chi connectivity index (χ3v) is 3.88. The van der Waals surface area contributed by atoms with E-state index >= 15 is 0 Å². The monoisotopic (exact) mass is 307 g/mol. The lowest BCUT2D eigenvalue weighted by Crippen LogP contribution is -2.08. The van der Waals surface area contributed by atoms with Crippen LogP contribution in [0.25, 0.3) is 10.9 Å². The quantitative estimate of drug-likeness (QED) is 0.777. The number of nitrogens with one attached hydrogen (secondary N) is 1. The van der Waals surface area contributed by atoms with Gasteiger partial charge in [0.1, 0.15) is 11.6 Å². The summed E-state index contributed by atoms with van der Waals surface area (Å²) in [4.78, 5) is 6.77. The van der Waals surface area contributed by atoms with E-state index in [1.807, 2.05) is 32.3 Å². The number of rotatable bonds is 4. The van der Waals surface area contributed by atoms with E-state index in [9.17, 15) is 0 Å². The first kappa shape index (κ1) is 15.2. The summed E-state index contributed by atoms with van der Waals surface area (Å²) in [5.41, 5.74) is 4.32. The van der Waals surface area contributed by atoms with Crippen LogP contribution in [0, 0.1) is 6.92 Å². The number of aromatic nitrogens is 1. The average molecular weight is 307 g/mol. The molecule has 0 aliphatic carbocycles. The molecule has 118 valence electrons. The van der Waals surface area contributed by atoms with Gasteiger partial charge in [0.25, 0.3) is 0 Å². The van der Waals surface area contributed by atoms with Gasteiger partial charge in [-0.25, -0.2) is 4.98 Å². The minimum atomic E-state index is 0.845. The van der Waals surface area contributed by atoms with Crippen LogP contribution >= 0.6 is 0 Å². The fraction of sp³-hybridized carbons (Fsp3) is 0.211. The lowest BCUT2D eigenvalue weighted by Gasteiger charge is -2.14. The standard InChI is InChI=1S/C19H21N3O/c1-13-11-19(20-14-5-7-15(8-6-14)22(2)3)21-18-10-9-16(23-4)12-17(13)18/h5-12H,1-4H3,(H,20,21). The van der Waals surface area contributed by atoms with Crippen LogP contribution in [0.3, 0.4) is 0 Å². The summed E-state index contributed by atoms with van der Waals surface area (Å²) in [7, 11) is 5.74. The lowest BCUT2D eigenvalue weighted by atomic mass is 10.1. The number of hydrogen-bond donors (Lipinski definition) is 1. The van der Waals surface area contributed by atoms with Gasteiger partial charge in [-0.2, -0.15) is 0 Å². The van der Waals surface area contributed by atoms with E-state index < -0.39 is 0 Å². The first-order valence-corrected chi connectivity index (χ1v) is 7.56. The highest BCUT2D eigenvalue weighted by molar-refractivity contribution is 5.85. The average Bonchev–Trinajstić information content (AvgIpc) is 2.55. The van der Waals surface area contributed by atoms with Crippen LogP contribution in [0.2, 0.25) is 0 Å². The molecule has 4 heteroatoms. The molecule has 0 saturated heterocycles. The van der Waals surface area contributed by atoms with Gasteiger partial charge in [0, 0.05) is 30.9 Å². The number of pyridine rings is 1. The number of nitrogens with zero attached hydrogens (tertiary/aromatic N) is 2. The van der Waals surface area contributed by atoms with Gasteiger partial charge >= 0.3 is 0 Å². The number of benzene rings is 2. The number of aryl methyl sites for hydroxylation is 1. The fourth-order valence-electron chi connectivity index (χ4n) is 2.56. The molecule has 0 amide bonds. The van der Waals surface area contributed by atoms with Crippen LogP contribution in [-0.4, -0.2) is 26.2 Å². The van der Waals surface area contributed by atoms with Crippen LogP contribution in [0.1, 0.15) is 5.56 Å². The molecule has 0 saturated carbocycles. The second-order valence-corrected chi connectivity index (χ2v) is 5.77. The summed E-state index contributed by atoms with van der Waals surface area (Å²) in [5.74, 6) is 1.69. The predicted molar refractivity (Wildman–Crippen MR) is 97.1 cm³/mol. The van der Waals surface area contributed by atoms with Gasteiger partial charge in [0.15, 0.2) is 0 Å². The molecule has 0 bridgehead atoms. The Morgan fingerprint density at radius 1 is 1.00 bits per heavy atom. The van der Waals surface area contributed by atoms with Crippen molar-refractivity contribution in [3.8, 4) is 5.75 Å². The van der Waals surface area contributed by atoms with Crippen molar-refractivity contribution in [3.63, 3.8) is 0 Å². The smallest absolute Gasteiger partial charge is 0.131 e. The minimum absolute atomic E-state index is 0.845. The summed E-state index contributed by atoms with van der Waals surface area (Å²) in [6.07, 6.45) is 0. The molecule has 0 aliphatic heterocycles. The molecule has 0 spiro atoms. The number of methoxy groups -OCH3 is 1. The van der Waals surface area contributed by atoms with Gasteiger partial charge in [-0.15, -0.1) is 0 Å². The summed E-state index contributed by atoms with van der Waals surface area (Å²) < 4.78 is 5.29. The molecule has 1 aromatic heterocycles. The van der Waals surface area contributed by atoms with Gasteiger partial charge in [-0.05, 0) is 61.0 Å². The Balaban J connectivity index is 1.91. The SMILES string of the molecule is COc1ccc2nc(Nc3ccc(N(C)C)cc3)cc(C)c2c1. The van der Waals surface area contributed by atoms with Crippen LogP contribution in [0.5, 0.6) is 5.75 Å². The van der Waals surface area contributed by atoms with E-state index in [2.05, 4.69) is 52.5 Å². The van der Waals surface area contributed by atoms with Crippen molar-refractivity contribution in [2.45, 2.75) is 6.92 Å². The zero-order valence-corrected chi connectivity index (χ0v) is 13.9. The van der Waals surface area contributed by atoms with Crippen molar-refractivity contribution in [1.82, 2.24) is 4.98 Å². The van der Waals surface area contributed by atoms with Gasteiger partial charge in [0.05, 0.1) is 12.6 Å². The summed E-state index contributed by atoms with van der Waals surface area (Å²) in [5, 5.41) is 4.48. The molecule has 4 nitrogen and oxygen atoms in total. The first-order chi connectivity index (χ1) is 11.1. The van der Waals surface area contributed by atoms with Crippen LogP contribution in [0.4, 0.5) is 17.2 Å². The highest BCUT2D eigenvalue weighted by atomic mass is 16.5. The molecule has 1 N–H and O–H groups in total. The first-order valence-electron chi connectivity index (χ1n) is 7.56. The molecule has 0 unspecified atom stereocenters. The topological polar surface area (TPSA) is 37.4 Å². The second-order valence-electron chi connectivity index (χ2n) is 5.77. The molecule has 2 aromatic carbocycles. The molecule has 0 fully saturated rings. The molecule has 0 aliphatic rings. The maximum Gasteiger partial charge on any atom is 0.131 e. The van der Waals surface area contributed by atoms with E-state index in [0.29, 0.717) is 0 Å². The highest BCUT2D eigenvalue weighted by Gasteiger charge is 2.05. The summed E-state index contributed by atoms with van der Waals surface area (Å²) in [6, 6.07) is 16.3. The van der Waals surface area contributed by atoms with E-state index in [4.69, 9.17) is 4.74 Å². The zero-order chi connectivity index (χ0) is 16.4. The van der Waals surface area contributed by atoms with E-state index in [1.54, 1.807) is 7.11 Å². The fourth-order valence-corrected chi connectivity index (χ4v) is 2.56. The van der Waals surface area contributed by atoms with Crippen molar-refractivity contribution in [3.05, 3.63) is 54.1 Å². The maximum absolute atomic E-state index is 5.29. The van der Waals surface area contributed by atoms with Crippen molar-refractivity contribution in [2.24, 2.45) is 0 Å². The lowest BCUT2D eigenvalue weighted by molar-refractivity contribution is 0.415. The number of anilines is 3. The van der Waals surface area contributed by atoms with E-state index in [-0.39, 0.29) is 0 Å². The van der Waals surface area contributed by atoms with Crippen molar-refractivity contribution >= 4 is 28.1 Å². The van der Waals surface area contributed by atoms with Crippen LogP contribution in [0.15, 0.2) is 48.5 Å². The Kier molecular flexibility index (Phi) is 4.06. The normalized spacial score (nSPS) is 10.6. The van der Waals surface area contributed by atoms with Gasteiger partial charge in [-0.3, -0.25) is 0 Å². The van der Waals surface area contributed by atoms with Gasteiger partial charge in [0.2, 0.25) is 0 Å². The highest BCUT2D eigenvalue weighted by Crippen LogP contribution is 2.26. The Morgan fingerprint density at radius 2 is 1.74 bits per heavy atom. The molecule has 3 rings (SSSR count). The maximum atomic E-state index is 5.29. The molecule has 1 heterocycles.